The first kappa shape index (κ1) is 17.0. The Labute approximate surface area is 123 Å². The van der Waals surface area contributed by atoms with Gasteiger partial charge in [0.15, 0.2) is 0 Å². The van der Waals surface area contributed by atoms with Crippen LogP contribution in [0.5, 0.6) is 5.75 Å². The van der Waals surface area contributed by atoms with Gasteiger partial charge in [0.2, 0.25) is 5.91 Å². The van der Waals surface area contributed by atoms with Gasteiger partial charge in [-0.05, 0) is 23.6 Å². The Kier molecular flexibility index (Phi) is 5.72. The number of aliphatic carboxylic acids is 1. The van der Waals surface area contributed by atoms with E-state index in [1.165, 1.54) is 7.11 Å². The van der Waals surface area contributed by atoms with E-state index >= 15 is 0 Å². The summed E-state index contributed by atoms with van der Waals surface area (Å²) in [5.74, 6) is -0.656. The zero-order chi connectivity index (χ0) is 16.0. The zero-order valence-electron chi connectivity index (χ0n) is 12.5. The molecule has 1 aromatic carbocycles. The van der Waals surface area contributed by atoms with Gasteiger partial charge in [-0.2, -0.15) is 0 Å². The first-order chi connectivity index (χ1) is 9.77. The SMILES string of the molecule is COc1ccc(NC(=O)CC(C)(C)CC(=O)O)cc1CO. The predicted molar refractivity (Wildman–Crippen MR) is 78.2 cm³/mol. The van der Waals surface area contributed by atoms with Crippen LogP contribution in [0.2, 0.25) is 0 Å². The van der Waals surface area contributed by atoms with Crippen LogP contribution < -0.4 is 10.1 Å². The average Bonchev–Trinajstić information content (AvgIpc) is 2.35. The van der Waals surface area contributed by atoms with Crippen LogP contribution in [0.3, 0.4) is 0 Å². The normalized spacial score (nSPS) is 11.0. The Balaban J connectivity index is 2.73. The highest BCUT2D eigenvalue weighted by Gasteiger charge is 2.25. The summed E-state index contributed by atoms with van der Waals surface area (Å²) < 4.78 is 5.08. The maximum Gasteiger partial charge on any atom is 0.303 e. The first-order valence-electron chi connectivity index (χ1n) is 6.57. The van der Waals surface area contributed by atoms with E-state index in [1.807, 2.05) is 0 Å². The number of aliphatic hydroxyl groups excluding tert-OH is 1. The molecular weight excluding hydrogens is 274 g/mol. The lowest BCUT2D eigenvalue weighted by Crippen LogP contribution is -2.24. The van der Waals surface area contributed by atoms with Crippen molar-refractivity contribution >= 4 is 17.6 Å². The number of carbonyl (C=O) groups excluding carboxylic acids is 1. The highest BCUT2D eigenvalue weighted by Crippen LogP contribution is 2.27. The van der Waals surface area contributed by atoms with Crippen molar-refractivity contribution in [2.45, 2.75) is 33.3 Å². The van der Waals surface area contributed by atoms with E-state index in [-0.39, 0.29) is 25.4 Å². The lowest BCUT2D eigenvalue weighted by molar-refractivity contribution is -0.139. The second-order valence-electron chi connectivity index (χ2n) is 5.64. The first-order valence-corrected chi connectivity index (χ1v) is 6.57. The van der Waals surface area contributed by atoms with Gasteiger partial charge in [0, 0.05) is 17.7 Å². The molecule has 116 valence electrons. The third-order valence-electron chi connectivity index (χ3n) is 3.00. The van der Waals surface area contributed by atoms with Crippen molar-refractivity contribution in [2.75, 3.05) is 12.4 Å². The summed E-state index contributed by atoms with van der Waals surface area (Å²) in [6.07, 6.45) is 0.0186. The Morgan fingerprint density at radius 1 is 1.29 bits per heavy atom. The fraction of sp³-hybridized carbons (Fsp3) is 0.467. The largest absolute Gasteiger partial charge is 0.496 e. The molecule has 0 saturated carbocycles. The number of aliphatic hydroxyl groups is 1. The maximum absolute atomic E-state index is 12.0. The second kappa shape index (κ2) is 7.08. The summed E-state index contributed by atoms with van der Waals surface area (Å²) in [7, 11) is 1.50. The number of carboxylic acids is 1. The molecule has 0 unspecified atom stereocenters. The van der Waals surface area contributed by atoms with Crippen molar-refractivity contribution in [3.8, 4) is 5.75 Å². The summed E-state index contributed by atoms with van der Waals surface area (Å²) in [4.78, 5) is 22.7. The van der Waals surface area contributed by atoms with Gasteiger partial charge in [0.05, 0.1) is 20.1 Å². The van der Waals surface area contributed by atoms with Gasteiger partial charge in [0.1, 0.15) is 5.75 Å². The number of hydrogen-bond acceptors (Lipinski definition) is 4. The summed E-state index contributed by atoms with van der Waals surface area (Å²) in [6, 6.07) is 4.95. The minimum Gasteiger partial charge on any atom is -0.496 e. The molecule has 0 radical (unpaired) electrons. The van der Waals surface area contributed by atoms with E-state index < -0.39 is 11.4 Å². The van der Waals surface area contributed by atoms with Crippen LogP contribution in [0.25, 0.3) is 0 Å². The van der Waals surface area contributed by atoms with Gasteiger partial charge in [-0.15, -0.1) is 0 Å². The van der Waals surface area contributed by atoms with E-state index in [4.69, 9.17) is 9.84 Å². The fourth-order valence-electron chi connectivity index (χ4n) is 2.09. The van der Waals surface area contributed by atoms with Crippen LogP contribution >= 0.6 is 0 Å². The fourth-order valence-corrected chi connectivity index (χ4v) is 2.09. The number of carboxylic acid groups (broad SMARTS) is 1. The Morgan fingerprint density at radius 3 is 2.48 bits per heavy atom. The molecule has 0 spiro atoms. The van der Waals surface area contributed by atoms with Gasteiger partial charge in [-0.1, -0.05) is 13.8 Å². The molecule has 0 atom stereocenters. The van der Waals surface area contributed by atoms with Crippen molar-refractivity contribution in [1.29, 1.82) is 0 Å². The minimum atomic E-state index is -0.931. The van der Waals surface area contributed by atoms with Crippen LogP contribution in [0.4, 0.5) is 5.69 Å². The third-order valence-corrected chi connectivity index (χ3v) is 3.00. The number of methoxy groups -OCH3 is 1. The monoisotopic (exact) mass is 295 g/mol. The Hall–Kier alpha value is -2.08. The number of amides is 1. The molecule has 1 amide bonds. The molecule has 0 aliphatic heterocycles. The zero-order valence-corrected chi connectivity index (χ0v) is 12.5. The molecule has 0 aliphatic rings. The van der Waals surface area contributed by atoms with Crippen molar-refractivity contribution in [1.82, 2.24) is 0 Å². The molecule has 3 N–H and O–H groups in total. The number of carbonyl (C=O) groups is 2. The van der Waals surface area contributed by atoms with Crippen LogP contribution in [0, 0.1) is 5.41 Å². The van der Waals surface area contributed by atoms with Gasteiger partial charge in [-0.25, -0.2) is 0 Å². The summed E-state index contributed by atoms with van der Waals surface area (Å²) in [6.45, 7) is 3.26. The van der Waals surface area contributed by atoms with Crippen molar-refractivity contribution < 1.29 is 24.5 Å². The number of anilines is 1. The highest BCUT2D eigenvalue weighted by molar-refractivity contribution is 5.91. The van der Waals surface area contributed by atoms with Crippen LogP contribution in [0.1, 0.15) is 32.3 Å². The molecule has 0 bridgehead atoms. The summed E-state index contributed by atoms with van der Waals surface area (Å²) in [5, 5.41) is 20.7. The summed E-state index contributed by atoms with van der Waals surface area (Å²) in [5.41, 5.74) is 0.485. The third kappa shape index (κ3) is 5.43. The van der Waals surface area contributed by atoms with Crippen molar-refractivity contribution in [3.63, 3.8) is 0 Å². The Morgan fingerprint density at radius 2 is 1.95 bits per heavy atom. The van der Waals surface area contributed by atoms with E-state index in [9.17, 15) is 14.7 Å². The minimum absolute atomic E-state index is 0.0784. The van der Waals surface area contributed by atoms with Crippen molar-refractivity contribution in [3.05, 3.63) is 23.8 Å². The number of nitrogens with one attached hydrogen (secondary N) is 1. The molecular formula is C15H21NO5. The number of benzene rings is 1. The molecule has 6 nitrogen and oxygen atoms in total. The molecule has 21 heavy (non-hydrogen) atoms. The molecule has 1 aromatic rings. The van der Waals surface area contributed by atoms with Gasteiger partial charge < -0.3 is 20.3 Å². The predicted octanol–water partition coefficient (Wildman–Crippen LogP) is 2.02. The maximum atomic E-state index is 12.0. The quantitative estimate of drug-likeness (QED) is 0.715. The molecule has 0 saturated heterocycles. The molecule has 0 aromatic heterocycles. The van der Waals surface area contributed by atoms with Gasteiger partial charge in [0.25, 0.3) is 0 Å². The smallest absolute Gasteiger partial charge is 0.303 e. The van der Waals surface area contributed by atoms with E-state index in [0.29, 0.717) is 17.0 Å². The molecule has 0 fully saturated rings. The van der Waals surface area contributed by atoms with Crippen LogP contribution in [0.15, 0.2) is 18.2 Å². The molecule has 1 rings (SSSR count). The second-order valence-corrected chi connectivity index (χ2v) is 5.64. The van der Waals surface area contributed by atoms with Crippen molar-refractivity contribution in [2.24, 2.45) is 5.41 Å². The molecule has 0 aliphatic carbocycles. The van der Waals surface area contributed by atoms with Gasteiger partial charge >= 0.3 is 5.97 Å². The van der Waals surface area contributed by atoms with E-state index in [1.54, 1.807) is 32.0 Å². The number of ether oxygens (including phenoxy) is 1. The lowest BCUT2D eigenvalue weighted by atomic mass is 9.85. The topological polar surface area (TPSA) is 95.9 Å². The number of rotatable bonds is 7. The summed E-state index contributed by atoms with van der Waals surface area (Å²) >= 11 is 0. The van der Waals surface area contributed by atoms with Gasteiger partial charge in [-0.3, -0.25) is 9.59 Å². The van der Waals surface area contributed by atoms with E-state index in [2.05, 4.69) is 5.32 Å². The standard InChI is InChI=1S/C15H21NO5/c1-15(2,8-14(19)20)7-13(18)16-11-4-5-12(21-3)10(6-11)9-17/h4-6,17H,7-9H2,1-3H3,(H,16,18)(H,19,20). The van der Waals surface area contributed by atoms with Crippen LogP contribution in [-0.2, 0) is 16.2 Å². The molecule has 6 heteroatoms. The molecule has 0 heterocycles. The van der Waals surface area contributed by atoms with E-state index in [0.717, 1.165) is 0 Å². The highest BCUT2D eigenvalue weighted by atomic mass is 16.5. The number of hydrogen-bond donors (Lipinski definition) is 3. The average molecular weight is 295 g/mol. The Bertz CT molecular complexity index is 525. The lowest BCUT2D eigenvalue weighted by Gasteiger charge is -2.21. The van der Waals surface area contributed by atoms with Crippen LogP contribution in [-0.4, -0.2) is 29.2 Å².